The molecule has 2 nitrogen and oxygen atoms in total. The average Bonchev–Trinajstić information content (AvgIpc) is 2.46. The molecule has 0 aliphatic heterocycles. The summed E-state index contributed by atoms with van der Waals surface area (Å²) < 4.78 is 14.4. The summed E-state index contributed by atoms with van der Waals surface area (Å²) in [5.41, 5.74) is 0.883. The highest BCUT2D eigenvalue weighted by Gasteiger charge is 2.21. The van der Waals surface area contributed by atoms with Crippen molar-refractivity contribution in [2.75, 3.05) is 6.54 Å². The molecule has 0 radical (unpaired) electrons. The number of hydrogen-bond acceptors (Lipinski definition) is 1. The fourth-order valence-electron chi connectivity index (χ4n) is 2.02. The molecule has 1 amide bonds. The van der Waals surface area contributed by atoms with Crippen molar-refractivity contribution in [3.8, 4) is 0 Å². The molecule has 2 aromatic carbocycles. The van der Waals surface area contributed by atoms with E-state index in [9.17, 15) is 9.18 Å². The lowest BCUT2D eigenvalue weighted by atomic mass is 10.1. The van der Waals surface area contributed by atoms with E-state index < -0.39 is 5.82 Å². The number of benzene rings is 2. The number of carbonyl (C=O) groups is 1. The molecule has 0 spiro atoms. The normalized spacial score (nSPS) is 10.5. The van der Waals surface area contributed by atoms with E-state index in [1.165, 1.54) is 6.07 Å². The quantitative estimate of drug-likeness (QED) is 0.749. The second-order valence-corrected chi connectivity index (χ2v) is 5.77. The molecule has 0 unspecified atom stereocenters. The van der Waals surface area contributed by atoms with Crippen LogP contribution in [0.15, 0.2) is 46.9 Å². The van der Waals surface area contributed by atoms with Gasteiger partial charge in [-0.15, -0.1) is 0 Å². The molecule has 5 heteroatoms. The highest BCUT2D eigenvalue weighted by atomic mass is 79.9. The Balaban J connectivity index is 2.30. The van der Waals surface area contributed by atoms with Crippen molar-refractivity contribution in [3.63, 3.8) is 0 Å². The standard InChI is InChI=1S/C16H14BrClFNO/c1-2-20(10-11-6-3-4-8-13(11)18)16(21)15-12(17)7-5-9-14(15)19/h3-9H,2,10H2,1H3. The monoisotopic (exact) mass is 369 g/mol. The Hall–Kier alpha value is -1.39. The van der Waals surface area contributed by atoms with Gasteiger partial charge in [-0.05, 0) is 46.6 Å². The Morgan fingerprint density at radius 3 is 2.57 bits per heavy atom. The van der Waals surface area contributed by atoms with Gasteiger partial charge in [-0.25, -0.2) is 4.39 Å². The van der Waals surface area contributed by atoms with Crippen LogP contribution in [0.25, 0.3) is 0 Å². The largest absolute Gasteiger partial charge is 0.334 e. The maximum atomic E-state index is 13.9. The van der Waals surface area contributed by atoms with E-state index in [1.54, 1.807) is 23.1 Å². The van der Waals surface area contributed by atoms with Gasteiger partial charge in [-0.1, -0.05) is 35.9 Å². The maximum absolute atomic E-state index is 13.9. The molecule has 0 atom stereocenters. The van der Waals surface area contributed by atoms with Crippen LogP contribution in [0, 0.1) is 5.82 Å². The van der Waals surface area contributed by atoms with E-state index in [0.717, 1.165) is 5.56 Å². The second kappa shape index (κ2) is 7.05. The summed E-state index contributed by atoms with van der Waals surface area (Å²) in [5.74, 6) is -0.894. The Morgan fingerprint density at radius 1 is 1.24 bits per heavy atom. The van der Waals surface area contributed by atoms with Crippen LogP contribution in [0.3, 0.4) is 0 Å². The van der Waals surface area contributed by atoms with Gasteiger partial charge < -0.3 is 4.90 Å². The molecule has 0 aromatic heterocycles. The van der Waals surface area contributed by atoms with Gasteiger partial charge in [0.1, 0.15) is 5.82 Å². The molecule has 0 N–H and O–H groups in total. The smallest absolute Gasteiger partial charge is 0.258 e. The first kappa shape index (κ1) is 16.0. The van der Waals surface area contributed by atoms with Gasteiger partial charge in [-0.3, -0.25) is 4.79 Å². The maximum Gasteiger partial charge on any atom is 0.258 e. The first-order valence-corrected chi connectivity index (χ1v) is 7.68. The fourth-order valence-corrected chi connectivity index (χ4v) is 2.73. The number of carbonyl (C=O) groups excluding carboxylic acids is 1. The summed E-state index contributed by atoms with van der Waals surface area (Å²) in [7, 11) is 0. The van der Waals surface area contributed by atoms with Crippen molar-refractivity contribution in [1.29, 1.82) is 0 Å². The minimum Gasteiger partial charge on any atom is -0.334 e. The van der Waals surface area contributed by atoms with Gasteiger partial charge in [-0.2, -0.15) is 0 Å². The van der Waals surface area contributed by atoms with Crippen molar-refractivity contribution in [3.05, 3.63) is 68.9 Å². The van der Waals surface area contributed by atoms with Gasteiger partial charge >= 0.3 is 0 Å². The average molecular weight is 371 g/mol. The summed E-state index contributed by atoms with van der Waals surface area (Å²) >= 11 is 9.35. The van der Waals surface area contributed by atoms with Gasteiger partial charge in [0.25, 0.3) is 5.91 Å². The molecule has 0 heterocycles. The van der Waals surface area contributed by atoms with Crippen molar-refractivity contribution in [1.82, 2.24) is 4.90 Å². The van der Waals surface area contributed by atoms with Crippen LogP contribution in [0.1, 0.15) is 22.8 Å². The van der Waals surface area contributed by atoms with Crippen molar-refractivity contribution in [2.24, 2.45) is 0 Å². The number of nitrogens with zero attached hydrogens (tertiary/aromatic N) is 1. The zero-order chi connectivity index (χ0) is 15.4. The van der Waals surface area contributed by atoms with Crippen molar-refractivity contribution in [2.45, 2.75) is 13.5 Å². The Morgan fingerprint density at radius 2 is 1.95 bits per heavy atom. The number of rotatable bonds is 4. The highest BCUT2D eigenvalue weighted by molar-refractivity contribution is 9.10. The molecule has 0 saturated carbocycles. The molecule has 0 fully saturated rings. The fraction of sp³-hybridized carbons (Fsp3) is 0.188. The zero-order valence-corrected chi connectivity index (χ0v) is 13.8. The number of halogens is 3. The van der Waals surface area contributed by atoms with E-state index in [-0.39, 0.29) is 11.5 Å². The lowest BCUT2D eigenvalue weighted by molar-refractivity contribution is 0.0747. The number of amides is 1. The topological polar surface area (TPSA) is 20.3 Å². The highest BCUT2D eigenvalue weighted by Crippen LogP contribution is 2.23. The summed E-state index contributed by atoms with van der Waals surface area (Å²) in [4.78, 5) is 14.1. The van der Waals surface area contributed by atoms with Gasteiger partial charge in [0.15, 0.2) is 0 Å². The van der Waals surface area contributed by atoms with Crippen molar-refractivity contribution < 1.29 is 9.18 Å². The summed E-state index contributed by atoms with van der Waals surface area (Å²) in [5, 5.41) is 0.594. The third kappa shape index (κ3) is 3.63. The van der Waals surface area contributed by atoms with Crippen LogP contribution in [0.4, 0.5) is 4.39 Å². The minimum atomic E-state index is -0.535. The summed E-state index contributed by atoms with van der Waals surface area (Å²) in [6.45, 7) is 2.66. The van der Waals surface area contributed by atoms with Crippen LogP contribution in [-0.2, 0) is 6.54 Å². The molecule has 21 heavy (non-hydrogen) atoms. The van der Waals surface area contributed by atoms with Crippen molar-refractivity contribution >= 4 is 33.4 Å². The molecule has 2 aromatic rings. The molecule has 0 aliphatic carbocycles. The molecule has 110 valence electrons. The second-order valence-electron chi connectivity index (χ2n) is 4.51. The predicted octanol–water partition coefficient (Wildman–Crippen LogP) is 4.90. The van der Waals surface area contributed by atoms with E-state index in [1.807, 2.05) is 25.1 Å². The summed E-state index contributed by atoms with van der Waals surface area (Å²) in [6, 6.07) is 11.8. The lowest BCUT2D eigenvalue weighted by Crippen LogP contribution is -2.31. The molecule has 0 saturated heterocycles. The van der Waals surface area contributed by atoms with E-state index in [4.69, 9.17) is 11.6 Å². The molecule has 2 rings (SSSR count). The minimum absolute atomic E-state index is 0.0476. The lowest BCUT2D eigenvalue weighted by Gasteiger charge is -2.22. The van der Waals surface area contributed by atoms with Crippen LogP contribution in [0.2, 0.25) is 5.02 Å². The third-order valence-electron chi connectivity index (χ3n) is 3.16. The van der Waals surface area contributed by atoms with Gasteiger partial charge in [0, 0.05) is 22.6 Å². The first-order chi connectivity index (χ1) is 10.0. The SMILES string of the molecule is CCN(Cc1ccccc1Cl)C(=O)c1c(F)cccc1Br. The number of hydrogen-bond donors (Lipinski definition) is 0. The van der Waals surface area contributed by atoms with Crippen LogP contribution in [-0.4, -0.2) is 17.4 Å². The van der Waals surface area contributed by atoms with Crippen LogP contribution < -0.4 is 0 Å². The molecule has 0 aliphatic rings. The predicted molar refractivity (Wildman–Crippen MR) is 86.0 cm³/mol. The summed E-state index contributed by atoms with van der Waals surface area (Å²) in [6.07, 6.45) is 0. The first-order valence-electron chi connectivity index (χ1n) is 6.51. The Bertz CT molecular complexity index is 642. The Kier molecular flexibility index (Phi) is 5.37. The van der Waals surface area contributed by atoms with Gasteiger partial charge in [0.05, 0.1) is 5.56 Å². The van der Waals surface area contributed by atoms with Crippen LogP contribution >= 0.6 is 27.5 Å². The zero-order valence-electron chi connectivity index (χ0n) is 11.4. The van der Waals surface area contributed by atoms with Gasteiger partial charge in [0.2, 0.25) is 0 Å². The van der Waals surface area contributed by atoms with E-state index in [2.05, 4.69) is 15.9 Å². The van der Waals surface area contributed by atoms with Crippen LogP contribution in [0.5, 0.6) is 0 Å². The van der Waals surface area contributed by atoms with E-state index in [0.29, 0.717) is 22.6 Å². The third-order valence-corrected chi connectivity index (χ3v) is 4.19. The van der Waals surface area contributed by atoms with E-state index >= 15 is 0 Å². The Labute approximate surface area is 136 Å². The molecular formula is C16H14BrClFNO. The molecule has 0 bridgehead atoms. The molecular weight excluding hydrogens is 357 g/mol.